The van der Waals surface area contributed by atoms with Crippen molar-refractivity contribution >= 4 is 39.9 Å². The summed E-state index contributed by atoms with van der Waals surface area (Å²) in [7, 11) is 0. The number of hydrogen-bond donors (Lipinski definition) is 1. The lowest BCUT2D eigenvalue weighted by atomic mass is 10.0. The number of aryl methyl sites for hydroxylation is 1. The largest absolute Gasteiger partial charge is 0.322 e. The molecule has 1 heterocycles. The molecule has 32 heavy (non-hydrogen) atoms. The summed E-state index contributed by atoms with van der Waals surface area (Å²) in [6.07, 6.45) is 0. The number of nitro benzene ring substituents is 1. The number of fused-ring (bicyclic) bond motifs is 1. The lowest BCUT2D eigenvalue weighted by Gasteiger charge is -2.08. The number of nitro groups is 1. The molecule has 0 aliphatic rings. The van der Waals surface area contributed by atoms with Gasteiger partial charge in [0.2, 0.25) is 0 Å². The molecule has 0 fully saturated rings. The SMILES string of the molecule is Cc1cc2nn(-c3ccc(C(C)C)cc3)nc2cc1NC(=O)c1ccc(Cl)c([N+](=O)[O-])c1. The second kappa shape index (κ2) is 8.39. The van der Waals surface area contributed by atoms with Crippen LogP contribution in [0, 0.1) is 17.0 Å². The summed E-state index contributed by atoms with van der Waals surface area (Å²) in [5.41, 5.74) is 4.51. The van der Waals surface area contributed by atoms with Crippen LogP contribution >= 0.6 is 11.6 Å². The van der Waals surface area contributed by atoms with Crippen molar-refractivity contribution in [1.82, 2.24) is 15.0 Å². The van der Waals surface area contributed by atoms with Crippen LogP contribution in [-0.2, 0) is 0 Å². The van der Waals surface area contributed by atoms with Gasteiger partial charge in [-0.25, -0.2) is 0 Å². The standard InChI is InChI=1S/C23H20ClN5O3/c1-13(2)15-4-7-17(8-5-15)28-26-20-10-14(3)19(12-21(20)27-28)25-23(30)16-6-9-18(24)22(11-16)29(31)32/h4-13H,1-3H3,(H,25,30). The highest BCUT2D eigenvalue weighted by Crippen LogP contribution is 2.27. The molecule has 0 aliphatic heterocycles. The third kappa shape index (κ3) is 4.17. The van der Waals surface area contributed by atoms with E-state index in [-0.39, 0.29) is 16.3 Å². The number of carbonyl (C=O) groups excluding carboxylic acids is 1. The molecule has 0 atom stereocenters. The second-order valence-corrected chi connectivity index (χ2v) is 8.18. The summed E-state index contributed by atoms with van der Waals surface area (Å²) in [5.74, 6) is -0.0477. The molecule has 0 radical (unpaired) electrons. The fraction of sp³-hybridized carbons (Fsp3) is 0.174. The number of halogens is 1. The molecule has 4 rings (SSSR count). The quantitative estimate of drug-likeness (QED) is 0.312. The predicted octanol–water partition coefficient (Wildman–Crippen LogP) is 5.67. The minimum absolute atomic E-state index is 0.0257. The van der Waals surface area contributed by atoms with Gasteiger partial charge in [-0.3, -0.25) is 14.9 Å². The van der Waals surface area contributed by atoms with Crippen LogP contribution in [0.5, 0.6) is 0 Å². The predicted molar refractivity (Wildman–Crippen MR) is 124 cm³/mol. The van der Waals surface area contributed by atoms with Gasteiger partial charge in [0.05, 0.1) is 10.6 Å². The monoisotopic (exact) mass is 449 g/mol. The van der Waals surface area contributed by atoms with Crippen molar-refractivity contribution in [3.05, 3.63) is 86.4 Å². The number of hydrogen-bond acceptors (Lipinski definition) is 5. The number of carbonyl (C=O) groups is 1. The van der Waals surface area contributed by atoms with E-state index in [1.54, 1.807) is 10.9 Å². The highest BCUT2D eigenvalue weighted by Gasteiger charge is 2.17. The average Bonchev–Trinajstić information content (AvgIpc) is 3.16. The van der Waals surface area contributed by atoms with Gasteiger partial charge in [-0.1, -0.05) is 37.6 Å². The zero-order chi connectivity index (χ0) is 23.0. The van der Waals surface area contributed by atoms with E-state index in [9.17, 15) is 14.9 Å². The zero-order valence-corrected chi connectivity index (χ0v) is 18.4. The van der Waals surface area contributed by atoms with Gasteiger partial charge in [0.1, 0.15) is 16.1 Å². The van der Waals surface area contributed by atoms with E-state index in [2.05, 4.69) is 41.5 Å². The van der Waals surface area contributed by atoms with E-state index < -0.39 is 10.8 Å². The van der Waals surface area contributed by atoms with Crippen LogP contribution in [-0.4, -0.2) is 25.8 Å². The molecular weight excluding hydrogens is 430 g/mol. The summed E-state index contributed by atoms with van der Waals surface area (Å²) in [4.78, 5) is 24.7. The number of nitrogens with zero attached hydrogens (tertiary/aromatic N) is 4. The molecule has 162 valence electrons. The Morgan fingerprint density at radius 2 is 1.72 bits per heavy atom. The van der Waals surface area contributed by atoms with Gasteiger partial charge in [-0.05, 0) is 60.4 Å². The Kier molecular flexibility index (Phi) is 5.63. The summed E-state index contributed by atoms with van der Waals surface area (Å²) in [6.45, 7) is 6.11. The molecule has 0 saturated carbocycles. The highest BCUT2D eigenvalue weighted by atomic mass is 35.5. The molecule has 3 aromatic carbocycles. The van der Waals surface area contributed by atoms with Crippen LogP contribution in [0.3, 0.4) is 0 Å². The molecule has 0 aliphatic carbocycles. The molecule has 9 heteroatoms. The van der Waals surface area contributed by atoms with Gasteiger partial charge in [-0.2, -0.15) is 4.80 Å². The zero-order valence-electron chi connectivity index (χ0n) is 17.7. The molecule has 1 N–H and O–H groups in total. The summed E-state index contributed by atoms with van der Waals surface area (Å²) < 4.78 is 0. The van der Waals surface area contributed by atoms with Crippen LogP contribution in [0.15, 0.2) is 54.6 Å². The van der Waals surface area contributed by atoms with Gasteiger partial charge < -0.3 is 5.32 Å². The Bertz CT molecular complexity index is 1350. The topological polar surface area (TPSA) is 103 Å². The van der Waals surface area contributed by atoms with Gasteiger partial charge in [0.15, 0.2) is 0 Å². The van der Waals surface area contributed by atoms with E-state index in [1.807, 2.05) is 25.1 Å². The Morgan fingerprint density at radius 3 is 2.34 bits per heavy atom. The Hall–Kier alpha value is -3.78. The number of benzene rings is 3. The van der Waals surface area contributed by atoms with Crippen molar-refractivity contribution in [3.8, 4) is 5.69 Å². The van der Waals surface area contributed by atoms with Crippen LogP contribution in [0.2, 0.25) is 5.02 Å². The first kappa shape index (κ1) is 21.5. The number of amides is 1. The van der Waals surface area contributed by atoms with Gasteiger partial charge in [0.25, 0.3) is 11.6 Å². The lowest BCUT2D eigenvalue weighted by molar-refractivity contribution is -0.384. The normalized spacial score (nSPS) is 11.2. The molecule has 0 spiro atoms. The van der Waals surface area contributed by atoms with Crippen molar-refractivity contribution in [2.75, 3.05) is 5.32 Å². The first-order valence-corrected chi connectivity index (χ1v) is 10.3. The second-order valence-electron chi connectivity index (χ2n) is 7.77. The number of rotatable bonds is 5. The van der Waals surface area contributed by atoms with E-state index in [0.717, 1.165) is 17.3 Å². The average molecular weight is 450 g/mol. The van der Waals surface area contributed by atoms with Gasteiger partial charge >= 0.3 is 0 Å². The Balaban J connectivity index is 1.63. The summed E-state index contributed by atoms with van der Waals surface area (Å²) in [6, 6.07) is 15.5. The Morgan fingerprint density at radius 1 is 1.06 bits per heavy atom. The fourth-order valence-electron chi connectivity index (χ4n) is 3.30. The molecule has 1 aromatic heterocycles. The van der Waals surface area contributed by atoms with Crippen molar-refractivity contribution in [2.45, 2.75) is 26.7 Å². The Labute approximate surface area is 189 Å². The third-order valence-corrected chi connectivity index (χ3v) is 5.49. The van der Waals surface area contributed by atoms with Crippen molar-refractivity contribution in [3.63, 3.8) is 0 Å². The van der Waals surface area contributed by atoms with Crippen LogP contribution in [0.25, 0.3) is 16.7 Å². The molecule has 0 unspecified atom stereocenters. The smallest absolute Gasteiger partial charge is 0.288 e. The third-order valence-electron chi connectivity index (χ3n) is 5.17. The van der Waals surface area contributed by atoms with Gasteiger partial charge in [0, 0.05) is 17.3 Å². The van der Waals surface area contributed by atoms with Crippen LogP contribution < -0.4 is 5.32 Å². The van der Waals surface area contributed by atoms with Gasteiger partial charge in [-0.15, -0.1) is 10.2 Å². The molecule has 0 bridgehead atoms. The molecule has 0 saturated heterocycles. The minimum Gasteiger partial charge on any atom is -0.322 e. The van der Waals surface area contributed by atoms with E-state index in [0.29, 0.717) is 22.6 Å². The molecule has 1 amide bonds. The maximum atomic E-state index is 12.7. The maximum Gasteiger partial charge on any atom is 0.288 e. The highest BCUT2D eigenvalue weighted by molar-refractivity contribution is 6.32. The number of nitrogens with one attached hydrogen (secondary N) is 1. The minimum atomic E-state index is -0.623. The number of aromatic nitrogens is 3. The molecular formula is C23H20ClN5O3. The maximum absolute atomic E-state index is 12.7. The van der Waals surface area contributed by atoms with E-state index in [4.69, 9.17) is 11.6 Å². The van der Waals surface area contributed by atoms with E-state index in [1.165, 1.54) is 17.7 Å². The first-order valence-electron chi connectivity index (χ1n) is 9.96. The first-order chi connectivity index (χ1) is 15.2. The summed E-state index contributed by atoms with van der Waals surface area (Å²) in [5, 5.41) is 22.9. The molecule has 4 aromatic rings. The van der Waals surface area contributed by atoms with E-state index >= 15 is 0 Å². The molecule has 8 nitrogen and oxygen atoms in total. The van der Waals surface area contributed by atoms with Crippen LogP contribution in [0.1, 0.15) is 41.3 Å². The number of anilines is 1. The van der Waals surface area contributed by atoms with Crippen molar-refractivity contribution in [1.29, 1.82) is 0 Å². The summed E-state index contributed by atoms with van der Waals surface area (Å²) >= 11 is 5.83. The van der Waals surface area contributed by atoms with Crippen molar-refractivity contribution < 1.29 is 9.72 Å². The van der Waals surface area contributed by atoms with Crippen molar-refractivity contribution in [2.24, 2.45) is 0 Å². The lowest BCUT2D eigenvalue weighted by Crippen LogP contribution is -2.13. The van der Waals surface area contributed by atoms with Crippen LogP contribution in [0.4, 0.5) is 11.4 Å². The fourth-order valence-corrected chi connectivity index (χ4v) is 3.49.